The van der Waals surface area contributed by atoms with E-state index in [2.05, 4.69) is 48.0 Å². The topological polar surface area (TPSA) is 534 Å². The number of carbonyl (C=O) groups excluding carboxylic acids is 3. The zero-order chi connectivity index (χ0) is 73.0. The largest absolute Gasteiger partial charge is 0.708 e. The molecular weight excluding hydrogens is 1500 g/mol. The summed E-state index contributed by atoms with van der Waals surface area (Å²) in [7, 11) is -22.4. The number of ether oxygens (including phenoxy) is 8. The van der Waals surface area contributed by atoms with E-state index in [0.29, 0.717) is 31.8 Å². The first-order valence-corrected chi connectivity index (χ1v) is 40.8. The molecule has 36 nitrogen and oxygen atoms in total. The van der Waals surface area contributed by atoms with Crippen molar-refractivity contribution in [1.29, 1.82) is 0 Å². The summed E-state index contributed by atoms with van der Waals surface area (Å²) in [6.07, 6.45) is 0.183. The van der Waals surface area contributed by atoms with Gasteiger partial charge in [0.1, 0.15) is 35.6 Å². The Morgan fingerprint density at radius 2 is 1.56 bits per heavy atom. The Hall–Kier alpha value is -6.07. The minimum Gasteiger partial charge on any atom is -0.478 e. The number of nitrogens with two attached hydrogens (primary N) is 2. The van der Waals surface area contributed by atoms with Crippen LogP contribution in [0.2, 0.25) is 0 Å². The van der Waals surface area contributed by atoms with Crippen LogP contribution >= 0.6 is 45.5 Å². The van der Waals surface area contributed by atoms with Gasteiger partial charge in [-0.25, -0.2) is 28.3 Å². The molecule has 13 N–H and O–H groups in total. The van der Waals surface area contributed by atoms with Crippen LogP contribution in [0.4, 0.5) is 21.1 Å². The summed E-state index contributed by atoms with van der Waals surface area (Å²) in [5.74, 6) is 2.06. The number of nitrogens with one attached hydrogen (secondary N) is 3. The molecule has 45 heteroatoms. The molecule has 3 unspecified atom stereocenters. The Labute approximate surface area is 581 Å². The number of benzene rings is 3. The molecule has 3 heterocycles. The van der Waals surface area contributed by atoms with Crippen LogP contribution in [-0.4, -0.2) is 187 Å². The first kappa shape index (κ1) is 81.9. The minimum absolute atomic E-state index is 0.00456. The van der Waals surface area contributed by atoms with Crippen molar-refractivity contribution >= 4 is 134 Å². The number of carboxylic acid groups (broad SMARTS) is 1. The third kappa shape index (κ3) is 25.7. The Morgan fingerprint density at radius 1 is 0.889 bits per heavy atom. The second-order valence-electron chi connectivity index (χ2n) is 21.2. The lowest BCUT2D eigenvalue weighted by Crippen LogP contribution is -2.30. The summed E-state index contributed by atoms with van der Waals surface area (Å²) in [4.78, 5) is 92.5. The van der Waals surface area contributed by atoms with Crippen molar-refractivity contribution in [2.75, 3.05) is 102 Å². The van der Waals surface area contributed by atoms with Gasteiger partial charge in [-0.2, -0.15) is 26.1 Å². The Bertz CT molecular complexity index is 4270. The highest BCUT2D eigenvalue weighted by molar-refractivity contribution is 8.77. The van der Waals surface area contributed by atoms with E-state index in [1.165, 1.54) is 47.3 Å². The van der Waals surface area contributed by atoms with Gasteiger partial charge in [-0.15, -0.1) is 4.52 Å². The highest BCUT2D eigenvalue weighted by atomic mass is 33.1. The fourth-order valence-corrected chi connectivity index (χ4v) is 15.9. The number of carboxylic acids is 1. The lowest BCUT2D eigenvalue weighted by atomic mass is 9.88. The summed E-state index contributed by atoms with van der Waals surface area (Å²) in [5, 5.41) is 17.5. The summed E-state index contributed by atoms with van der Waals surface area (Å²) in [5.41, 5.74) is 9.55. The molecule has 3 aromatic carbocycles. The SMILES string of the molecule is C=c1ccc2c(c1S(=O)(=O)O)Oc1c(ccc(N)c1S(=O)(=O)O)C=2c1cc(C(=O)NCCOCCOCCNC(=O)OCCC(C)(C)SSCOCCCCOC(=O)NCC#Cc2cn([C@H]3C[C@H](OCS(C)=S)[C@@H](CO[P+](=O)OP(=O)(O)OP(=O)(O)O)O3)c(=O)nc2N)ccc1C(=O)O. The van der Waals surface area contributed by atoms with E-state index in [4.69, 9.17) is 74.9 Å². The highest BCUT2D eigenvalue weighted by Crippen LogP contribution is 2.62. The van der Waals surface area contributed by atoms with Crippen LogP contribution in [0.5, 0.6) is 11.5 Å². The molecule has 3 amide bonds. The molecule has 0 saturated carbocycles. The van der Waals surface area contributed by atoms with Crippen LogP contribution in [0.25, 0.3) is 12.2 Å². The van der Waals surface area contributed by atoms with E-state index in [1.807, 2.05) is 13.8 Å². The number of fused-ring (bicyclic) bond motifs is 2. The van der Waals surface area contributed by atoms with Crippen molar-refractivity contribution in [3.63, 3.8) is 0 Å². The lowest BCUT2D eigenvalue weighted by molar-refractivity contribution is -0.0510. The van der Waals surface area contributed by atoms with Crippen molar-refractivity contribution in [1.82, 2.24) is 25.5 Å². The number of amides is 3. The number of aromatic carboxylic acids is 1. The number of phosphoric acid groups is 2. The third-order valence-electron chi connectivity index (χ3n) is 13.3. The zero-order valence-corrected chi connectivity index (χ0v) is 60.1. The van der Waals surface area contributed by atoms with E-state index in [1.54, 1.807) is 17.0 Å². The smallest absolute Gasteiger partial charge is 0.478 e. The number of hydrogen-bond acceptors (Lipinski definition) is 29. The van der Waals surface area contributed by atoms with Crippen LogP contribution in [0.3, 0.4) is 0 Å². The van der Waals surface area contributed by atoms with Gasteiger partial charge in [0.2, 0.25) is 0 Å². The Morgan fingerprint density at radius 3 is 2.22 bits per heavy atom. The average molecular weight is 1570 g/mol. The second kappa shape index (κ2) is 37.2. The molecule has 4 aromatic rings. The maximum absolute atomic E-state index is 13.4. The number of anilines is 2. The van der Waals surface area contributed by atoms with Gasteiger partial charge in [0, 0.05) is 63.5 Å². The molecular formula is C54H69N7O29P3S6+. The molecule has 0 aliphatic carbocycles. The van der Waals surface area contributed by atoms with Crippen LogP contribution < -0.4 is 48.3 Å². The summed E-state index contributed by atoms with van der Waals surface area (Å²) < 4.78 is 164. The van der Waals surface area contributed by atoms with Crippen molar-refractivity contribution in [3.8, 4) is 23.3 Å². The van der Waals surface area contributed by atoms with Crippen molar-refractivity contribution in [3.05, 3.63) is 97.4 Å². The highest BCUT2D eigenvalue weighted by Gasteiger charge is 2.46. The fraction of sp³-hybridized carbons (Fsp3) is 0.444. The van der Waals surface area contributed by atoms with Crippen molar-refractivity contribution in [2.24, 2.45) is 0 Å². The Balaban J connectivity index is 0.808. The van der Waals surface area contributed by atoms with Gasteiger partial charge in [0.25, 0.3) is 26.1 Å². The zero-order valence-electron chi connectivity index (χ0n) is 52.5. The van der Waals surface area contributed by atoms with Gasteiger partial charge < -0.3 is 80.2 Å². The molecule has 6 atom stereocenters. The molecule has 1 saturated heterocycles. The van der Waals surface area contributed by atoms with E-state index < -0.39 is 141 Å². The Kier molecular flexibility index (Phi) is 30.8. The molecule has 0 spiro atoms. The fourth-order valence-electron chi connectivity index (χ4n) is 8.92. The number of carbonyl (C=O) groups is 4. The minimum atomic E-state index is -5.51. The van der Waals surface area contributed by atoms with E-state index in [0.717, 1.165) is 16.7 Å². The molecule has 6 rings (SSSR count). The van der Waals surface area contributed by atoms with Gasteiger partial charge in [0.15, 0.2) is 16.4 Å². The van der Waals surface area contributed by atoms with E-state index in [-0.39, 0.29) is 120 Å². The molecule has 0 bridgehead atoms. The maximum atomic E-state index is 13.4. The number of hydrogen-bond donors (Lipinski definition) is 11. The number of alkyl carbamates (subject to hydrolysis) is 2. The van der Waals surface area contributed by atoms with Crippen LogP contribution in [0.15, 0.2) is 63.2 Å². The van der Waals surface area contributed by atoms with Gasteiger partial charge in [0.05, 0.1) is 75.0 Å². The van der Waals surface area contributed by atoms with Gasteiger partial charge in [-0.3, -0.25) is 23.4 Å². The number of nitrogen functional groups attached to an aromatic ring is 2. The van der Waals surface area contributed by atoms with Crippen LogP contribution in [-0.2, 0) is 101 Å². The molecule has 2 aliphatic heterocycles. The van der Waals surface area contributed by atoms with Crippen LogP contribution in [0.1, 0.15) is 83.2 Å². The number of nitrogens with zero attached hydrogens (tertiary/aromatic N) is 2. The molecule has 1 aromatic heterocycles. The summed E-state index contributed by atoms with van der Waals surface area (Å²) in [6.45, 7) is 7.87. The predicted octanol–water partition coefficient (Wildman–Crippen LogP) is 3.17. The third-order valence-corrected chi connectivity index (χ3v) is 22.3. The molecule has 2 aliphatic rings. The number of unbranched alkanes of at least 4 members (excludes halogenated alkanes) is 1. The van der Waals surface area contributed by atoms with E-state index >= 15 is 0 Å². The van der Waals surface area contributed by atoms with Crippen LogP contribution in [0, 0.1) is 11.8 Å². The average Bonchev–Trinajstić information content (AvgIpc) is 1.64. The second-order valence-corrected chi connectivity index (χ2v) is 33.9. The molecule has 544 valence electrons. The molecule has 1 fully saturated rings. The number of aromatic nitrogens is 2. The lowest BCUT2D eigenvalue weighted by Gasteiger charge is -2.25. The van der Waals surface area contributed by atoms with Gasteiger partial charge in [-0.1, -0.05) is 55.5 Å². The first-order chi connectivity index (χ1) is 46.4. The number of rotatable bonds is 38. The predicted molar refractivity (Wildman–Crippen MR) is 360 cm³/mol. The summed E-state index contributed by atoms with van der Waals surface area (Å²) >= 11 is 5.18. The van der Waals surface area contributed by atoms with Crippen molar-refractivity contribution < 1.29 is 130 Å². The maximum Gasteiger partial charge on any atom is 0.708 e. The molecule has 0 radical (unpaired) electrons. The van der Waals surface area contributed by atoms with Gasteiger partial charge >= 0.3 is 47.7 Å². The van der Waals surface area contributed by atoms with E-state index in [9.17, 15) is 73.6 Å². The monoisotopic (exact) mass is 1560 g/mol. The normalized spacial score (nSPS) is 16.4. The van der Waals surface area contributed by atoms with Gasteiger partial charge in [-0.05, 0) is 102 Å². The first-order valence-electron chi connectivity index (χ1n) is 28.7. The standard InChI is InChI=1S/C54H68N7O29P3S6/c1-32-9-11-36-43(37-13-14-39(55)47(99(77,78)79)45(37)88-44(36)46(32)98(74,75)76)38-26-33(10-12-35(38)50(63)64)49(62)57-17-22-80-24-25-81-23-18-59-53(67)84-21-15-54(2,3)96-95-30-82-19-5-6-20-83-52(66)58-16-7-8-34-28-61(51(65)60-48(34)56)42-27-40(85-31-97(4)94)41(87-42)29-86-91(68)89-93(72,73)90-92(69,70)71/h9-14,26,28,40-42H,1,5-6,15-25,27,29-31,55H2,2-4H3,(H10-,56,57,58,59,60,62,63,64,65,66,67,69,70,71,72,73,74,75,76,77,78,79)/p+1/t40-,41+,42+,97?/m0/s1. The molecule has 99 heavy (non-hydrogen) atoms. The van der Waals surface area contributed by atoms with Crippen molar-refractivity contribution in [2.45, 2.75) is 72.5 Å². The summed E-state index contributed by atoms with van der Waals surface area (Å²) in [6, 6.07) is 8.31. The quantitative estimate of drug-likeness (QED) is 0.00514.